The fourth-order valence-electron chi connectivity index (χ4n) is 4.10. The first-order chi connectivity index (χ1) is 14.5. The SMILES string of the molecule is O=C(CCC(=O)N1CCC(N2Cc3ccccc3NC2=O)CC1)c1ccc(Cl)cc1. The largest absolute Gasteiger partial charge is 0.343 e. The van der Waals surface area contributed by atoms with E-state index in [0.717, 1.165) is 24.1 Å². The molecule has 1 saturated heterocycles. The zero-order valence-corrected chi connectivity index (χ0v) is 17.4. The molecule has 7 heteroatoms. The molecule has 156 valence electrons. The van der Waals surface area contributed by atoms with Gasteiger partial charge >= 0.3 is 6.03 Å². The molecule has 30 heavy (non-hydrogen) atoms. The topological polar surface area (TPSA) is 69.7 Å². The Morgan fingerprint density at radius 3 is 2.43 bits per heavy atom. The van der Waals surface area contributed by atoms with Gasteiger partial charge in [0.25, 0.3) is 0 Å². The number of piperidine rings is 1. The minimum absolute atomic E-state index is 0.01000. The number of Topliss-reactive ketones (excluding diaryl/α,β-unsaturated/α-hetero) is 1. The molecule has 1 N–H and O–H groups in total. The second kappa shape index (κ2) is 8.88. The fourth-order valence-corrected chi connectivity index (χ4v) is 4.23. The summed E-state index contributed by atoms with van der Waals surface area (Å²) in [4.78, 5) is 41.0. The molecule has 0 radical (unpaired) electrons. The maximum atomic E-state index is 12.6. The molecule has 4 rings (SSSR count). The Morgan fingerprint density at radius 1 is 1.00 bits per heavy atom. The summed E-state index contributed by atoms with van der Waals surface area (Å²) in [5.74, 6) is -0.0669. The molecule has 0 bridgehead atoms. The summed E-state index contributed by atoms with van der Waals surface area (Å²) >= 11 is 5.85. The highest BCUT2D eigenvalue weighted by molar-refractivity contribution is 6.30. The standard InChI is InChI=1S/C23H24ClN3O3/c24-18-7-5-16(6-8-18)21(28)9-10-22(29)26-13-11-19(12-14-26)27-15-17-3-1-2-4-20(17)25-23(27)30/h1-8,19H,9-15H2,(H,25,30). The van der Waals surface area contributed by atoms with Crippen LogP contribution in [0.25, 0.3) is 0 Å². The average Bonchev–Trinajstić information content (AvgIpc) is 2.77. The monoisotopic (exact) mass is 425 g/mol. The van der Waals surface area contributed by atoms with Gasteiger partial charge in [-0.1, -0.05) is 29.8 Å². The van der Waals surface area contributed by atoms with Gasteiger partial charge in [0, 0.05) is 54.8 Å². The van der Waals surface area contributed by atoms with Gasteiger partial charge in [-0.15, -0.1) is 0 Å². The van der Waals surface area contributed by atoms with Crippen LogP contribution in [0.4, 0.5) is 10.5 Å². The Hall–Kier alpha value is -2.86. The third-order valence-electron chi connectivity index (χ3n) is 5.85. The van der Waals surface area contributed by atoms with E-state index >= 15 is 0 Å². The summed E-state index contributed by atoms with van der Waals surface area (Å²) in [7, 11) is 0. The Balaban J connectivity index is 1.27. The summed E-state index contributed by atoms with van der Waals surface area (Å²) in [6.07, 6.45) is 1.87. The van der Waals surface area contributed by atoms with E-state index in [1.54, 1.807) is 29.2 Å². The molecule has 1 fully saturated rings. The van der Waals surface area contributed by atoms with E-state index in [2.05, 4.69) is 5.32 Å². The van der Waals surface area contributed by atoms with Gasteiger partial charge < -0.3 is 15.1 Å². The van der Waals surface area contributed by atoms with Gasteiger partial charge in [0.15, 0.2) is 5.78 Å². The van der Waals surface area contributed by atoms with Crippen LogP contribution in [0.15, 0.2) is 48.5 Å². The van der Waals surface area contributed by atoms with Crippen LogP contribution < -0.4 is 5.32 Å². The van der Waals surface area contributed by atoms with Crippen LogP contribution in [0.2, 0.25) is 5.02 Å². The Kier molecular flexibility index (Phi) is 6.04. The van der Waals surface area contributed by atoms with Gasteiger partial charge in [0.2, 0.25) is 5.91 Å². The number of amides is 3. The smallest absolute Gasteiger partial charge is 0.322 e. The van der Waals surface area contributed by atoms with Crippen molar-refractivity contribution in [3.63, 3.8) is 0 Å². The van der Waals surface area contributed by atoms with Gasteiger partial charge in [0.1, 0.15) is 0 Å². The van der Waals surface area contributed by atoms with Gasteiger partial charge in [-0.25, -0.2) is 4.79 Å². The van der Waals surface area contributed by atoms with Gasteiger partial charge in [0.05, 0.1) is 0 Å². The molecule has 2 aliphatic heterocycles. The predicted molar refractivity (Wildman–Crippen MR) is 116 cm³/mol. The molecule has 2 aromatic rings. The number of rotatable bonds is 5. The Labute approximate surface area is 180 Å². The van der Waals surface area contributed by atoms with Crippen molar-refractivity contribution in [3.8, 4) is 0 Å². The first-order valence-electron chi connectivity index (χ1n) is 10.2. The van der Waals surface area contributed by atoms with E-state index in [1.165, 1.54) is 0 Å². The Bertz CT molecular complexity index is 952. The lowest BCUT2D eigenvalue weighted by Gasteiger charge is -2.40. The van der Waals surface area contributed by atoms with Crippen molar-refractivity contribution >= 4 is 35.0 Å². The molecule has 0 aromatic heterocycles. The first-order valence-corrected chi connectivity index (χ1v) is 10.6. The van der Waals surface area contributed by atoms with Crippen molar-refractivity contribution < 1.29 is 14.4 Å². The maximum Gasteiger partial charge on any atom is 0.322 e. The molecule has 2 heterocycles. The summed E-state index contributed by atoms with van der Waals surface area (Å²) < 4.78 is 0. The highest BCUT2D eigenvalue weighted by Gasteiger charge is 2.32. The van der Waals surface area contributed by atoms with Crippen molar-refractivity contribution in [1.29, 1.82) is 0 Å². The van der Waals surface area contributed by atoms with Crippen molar-refractivity contribution in [2.45, 2.75) is 38.3 Å². The predicted octanol–water partition coefficient (Wildman–Crippen LogP) is 4.34. The van der Waals surface area contributed by atoms with E-state index in [-0.39, 0.29) is 36.6 Å². The van der Waals surface area contributed by atoms with Gasteiger partial charge in [-0.3, -0.25) is 9.59 Å². The normalized spacial score (nSPS) is 16.8. The van der Waals surface area contributed by atoms with E-state index in [9.17, 15) is 14.4 Å². The number of hydrogen-bond donors (Lipinski definition) is 1. The number of halogens is 1. The van der Waals surface area contributed by atoms with Crippen LogP contribution in [-0.4, -0.2) is 46.7 Å². The number of anilines is 1. The number of likely N-dealkylation sites (tertiary alicyclic amines) is 1. The minimum Gasteiger partial charge on any atom is -0.343 e. The highest BCUT2D eigenvalue weighted by Crippen LogP contribution is 2.27. The van der Waals surface area contributed by atoms with Crippen LogP contribution in [0.3, 0.4) is 0 Å². The summed E-state index contributed by atoms with van der Waals surface area (Å²) in [5, 5.41) is 3.53. The summed E-state index contributed by atoms with van der Waals surface area (Å²) in [5.41, 5.74) is 2.55. The van der Waals surface area contributed by atoms with E-state index in [0.29, 0.717) is 30.2 Å². The number of nitrogens with one attached hydrogen (secondary N) is 1. The fraction of sp³-hybridized carbons (Fsp3) is 0.348. The quantitative estimate of drug-likeness (QED) is 0.724. The zero-order valence-electron chi connectivity index (χ0n) is 16.6. The lowest BCUT2D eigenvalue weighted by Crippen LogP contribution is -2.51. The van der Waals surface area contributed by atoms with Crippen LogP contribution in [-0.2, 0) is 11.3 Å². The molecule has 0 atom stereocenters. The first kappa shape index (κ1) is 20.4. The number of urea groups is 1. The highest BCUT2D eigenvalue weighted by atomic mass is 35.5. The van der Waals surface area contributed by atoms with Crippen molar-refractivity contribution in [2.24, 2.45) is 0 Å². The molecule has 0 spiro atoms. The third kappa shape index (κ3) is 4.49. The van der Waals surface area contributed by atoms with E-state index in [4.69, 9.17) is 11.6 Å². The van der Waals surface area contributed by atoms with Crippen LogP contribution in [0, 0.1) is 0 Å². The number of para-hydroxylation sites is 1. The molecule has 2 aliphatic rings. The van der Waals surface area contributed by atoms with Crippen LogP contribution in [0.1, 0.15) is 41.6 Å². The number of ketones is 1. The van der Waals surface area contributed by atoms with Crippen molar-refractivity contribution in [1.82, 2.24) is 9.80 Å². The molecule has 2 aromatic carbocycles. The number of benzene rings is 2. The number of carbonyl (C=O) groups is 3. The summed E-state index contributed by atoms with van der Waals surface area (Å²) in [6, 6.07) is 14.6. The zero-order chi connectivity index (χ0) is 21.1. The molecule has 0 unspecified atom stereocenters. The number of nitrogens with zero attached hydrogens (tertiary/aromatic N) is 2. The van der Waals surface area contributed by atoms with Crippen molar-refractivity contribution in [3.05, 3.63) is 64.7 Å². The number of fused-ring (bicyclic) bond motifs is 1. The Morgan fingerprint density at radius 2 is 1.70 bits per heavy atom. The number of hydrogen-bond acceptors (Lipinski definition) is 3. The third-order valence-corrected chi connectivity index (χ3v) is 6.10. The molecule has 6 nitrogen and oxygen atoms in total. The van der Waals surface area contributed by atoms with Gasteiger partial charge in [-0.2, -0.15) is 0 Å². The lowest BCUT2D eigenvalue weighted by molar-refractivity contribution is -0.132. The average molecular weight is 426 g/mol. The van der Waals surface area contributed by atoms with Crippen LogP contribution >= 0.6 is 11.6 Å². The van der Waals surface area contributed by atoms with Crippen LogP contribution in [0.5, 0.6) is 0 Å². The minimum atomic E-state index is -0.0768. The molecular formula is C23H24ClN3O3. The van der Waals surface area contributed by atoms with Crippen molar-refractivity contribution in [2.75, 3.05) is 18.4 Å². The molecule has 3 amide bonds. The second-order valence-corrected chi connectivity index (χ2v) is 8.19. The molecule has 0 aliphatic carbocycles. The molecule has 0 saturated carbocycles. The number of carbonyl (C=O) groups excluding carboxylic acids is 3. The second-order valence-electron chi connectivity index (χ2n) is 7.76. The summed E-state index contributed by atoms with van der Waals surface area (Å²) in [6.45, 7) is 1.80. The van der Waals surface area contributed by atoms with Gasteiger partial charge in [-0.05, 0) is 48.7 Å². The van der Waals surface area contributed by atoms with E-state index in [1.807, 2.05) is 29.2 Å². The maximum absolute atomic E-state index is 12.6. The lowest BCUT2D eigenvalue weighted by atomic mass is 10.00. The van der Waals surface area contributed by atoms with E-state index < -0.39 is 0 Å². The molecular weight excluding hydrogens is 402 g/mol.